The fourth-order valence-electron chi connectivity index (χ4n) is 1.49. The monoisotopic (exact) mass is 196 g/mol. The molecule has 1 saturated heterocycles. The van der Waals surface area contributed by atoms with Gasteiger partial charge in [-0.05, 0) is 6.54 Å². The molecule has 1 rings (SSSR count). The van der Waals surface area contributed by atoms with Gasteiger partial charge in [-0.15, -0.1) is 0 Å². The number of likely N-dealkylation sites (N-methyl/N-ethyl adjacent to an activating group) is 1. The maximum atomic E-state index is 10.1. The average molecular weight is 196 g/mol. The summed E-state index contributed by atoms with van der Waals surface area (Å²) >= 11 is 0. The van der Waals surface area contributed by atoms with E-state index in [4.69, 9.17) is 5.11 Å². The van der Waals surface area contributed by atoms with E-state index in [0.29, 0.717) is 6.54 Å². The van der Waals surface area contributed by atoms with Gasteiger partial charge in [0, 0.05) is 32.1 Å². The first kappa shape index (κ1) is 11.0. The number of carbonyl (C=O) groups is 1. The predicted molar refractivity (Wildman–Crippen MR) is 54.0 cm³/mol. The lowest BCUT2D eigenvalue weighted by Gasteiger charge is -2.32. The van der Waals surface area contributed by atoms with Crippen molar-refractivity contribution in [1.82, 2.24) is 9.80 Å². The molecule has 0 aromatic rings. The van der Waals surface area contributed by atoms with Gasteiger partial charge in [-0.3, -0.25) is 4.90 Å². The molecule has 0 saturated carbocycles. The molecule has 14 heavy (non-hydrogen) atoms. The van der Waals surface area contributed by atoms with Crippen LogP contribution in [0, 0.1) is 11.8 Å². The van der Waals surface area contributed by atoms with E-state index >= 15 is 0 Å². The van der Waals surface area contributed by atoms with Crippen molar-refractivity contribution in [2.24, 2.45) is 0 Å². The number of hydrogen-bond donors (Lipinski definition) is 1. The largest absolute Gasteiger partial charge is 0.472 e. The quantitative estimate of drug-likeness (QED) is 0.616. The molecule has 0 amide bonds. The van der Waals surface area contributed by atoms with Crippen molar-refractivity contribution in [2.75, 3.05) is 39.3 Å². The van der Waals surface area contributed by atoms with Crippen molar-refractivity contribution in [3.63, 3.8) is 0 Å². The van der Waals surface area contributed by atoms with Gasteiger partial charge in [0.25, 0.3) is 0 Å². The van der Waals surface area contributed by atoms with Gasteiger partial charge in [0.05, 0.1) is 6.54 Å². The normalized spacial score (nSPS) is 18.6. The Labute approximate surface area is 84.5 Å². The van der Waals surface area contributed by atoms with Gasteiger partial charge in [-0.25, -0.2) is 4.79 Å². The van der Waals surface area contributed by atoms with E-state index in [1.54, 1.807) is 0 Å². The van der Waals surface area contributed by atoms with E-state index in [0.717, 1.165) is 32.7 Å². The van der Waals surface area contributed by atoms with Crippen molar-refractivity contribution in [2.45, 2.75) is 6.92 Å². The summed E-state index contributed by atoms with van der Waals surface area (Å²) in [5, 5.41) is 8.32. The molecule has 4 heteroatoms. The van der Waals surface area contributed by atoms with Crippen molar-refractivity contribution in [1.29, 1.82) is 0 Å². The van der Waals surface area contributed by atoms with E-state index in [1.165, 1.54) is 0 Å². The van der Waals surface area contributed by atoms with E-state index in [9.17, 15) is 4.79 Å². The number of aliphatic carboxylic acids is 1. The highest BCUT2D eigenvalue weighted by Gasteiger charge is 2.13. The number of nitrogens with zero attached hydrogens (tertiary/aromatic N) is 2. The molecular weight excluding hydrogens is 180 g/mol. The first-order valence-corrected chi connectivity index (χ1v) is 4.89. The van der Waals surface area contributed by atoms with E-state index in [2.05, 4.69) is 28.6 Å². The van der Waals surface area contributed by atoms with Crippen molar-refractivity contribution in [3.05, 3.63) is 0 Å². The Bertz CT molecular complexity index is 247. The summed E-state index contributed by atoms with van der Waals surface area (Å²) in [5.41, 5.74) is 0. The topological polar surface area (TPSA) is 43.8 Å². The third-order valence-electron chi connectivity index (χ3n) is 2.41. The number of hydrogen-bond acceptors (Lipinski definition) is 3. The Morgan fingerprint density at radius 1 is 1.29 bits per heavy atom. The van der Waals surface area contributed by atoms with Crippen LogP contribution in [0.1, 0.15) is 6.92 Å². The lowest BCUT2D eigenvalue weighted by Crippen LogP contribution is -2.46. The van der Waals surface area contributed by atoms with Crippen molar-refractivity contribution >= 4 is 5.97 Å². The number of carboxylic acid groups (broad SMARTS) is 1. The van der Waals surface area contributed by atoms with Gasteiger partial charge in [-0.2, -0.15) is 0 Å². The van der Waals surface area contributed by atoms with Crippen LogP contribution in [0.3, 0.4) is 0 Å². The van der Waals surface area contributed by atoms with E-state index in [1.807, 2.05) is 0 Å². The van der Waals surface area contributed by atoms with E-state index < -0.39 is 5.97 Å². The Kier molecular flexibility index (Phi) is 4.44. The summed E-state index contributed by atoms with van der Waals surface area (Å²) in [5.74, 6) is 3.73. The highest BCUT2D eigenvalue weighted by molar-refractivity contribution is 5.86. The van der Waals surface area contributed by atoms with E-state index in [-0.39, 0.29) is 0 Å². The zero-order valence-corrected chi connectivity index (χ0v) is 8.49. The number of rotatable bonds is 2. The lowest BCUT2D eigenvalue weighted by molar-refractivity contribution is -0.130. The maximum Gasteiger partial charge on any atom is 0.381 e. The first-order valence-electron chi connectivity index (χ1n) is 4.89. The first-order chi connectivity index (χ1) is 6.72. The highest BCUT2D eigenvalue weighted by Crippen LogP contribution is 1.99. The average Bonchev–Trinajstić information content (AvgIpc) is 2.18. The summed E-state index contributed by atoms with van der Waals surface area (Å²) < 4.78 is 0. The zero-order chi connectivity index (χ0) is 10.4. The van der Waals surface area contributed by atoms with Crippen LogP contribution in [0.15, 0.2) is 0 Å². The van der Waals surface area contributed by atoms with Crippen molar-refractivity contribution < 1.29 is 9.90 Å². The molecule has 78 valence electrons. The molecule has 0 atom stereocenters. The van der Waals surface area contributed by atoms with Crippen molar-refractivity contribution in [3.8, 4) is 11.8 Å². The SMILES string of the molecule is CCN1CCN(CC#CC(=O)O)CC1. The standard InChI is InChI=1S/C10H16N2O2/c1-2-11-6-8-12(9-7-11)5-3-4-10(13)14/h2,5-9H2,1H3,(H,13,14). The van der Waals surface area contributed by atoms with Crippen LogP contribution in [0.25, 0.3) is 0 Å². The Morgan fingerprint density at radius 2 is 1.86 bits per heavy atom. The van der Waals surface area contributed by atoms with Crippen LogP contribution in [-0.2, 0) is 4.79 Å². The molecule has 0 unspecified atom stereocenters. The van der Waals surface area contributed by atoms with Gasteiger partial charge in [0.15, 0.2) is 0 Å². The van der Waals surface area contributed by atoms with Gasteiger partial charge in [0.1, 0.15) is 0 Å². The van der Waals surface area contributed by atoms with Gasteiger partial charge < -0.3 is 10.0 Å². The summed E-state index contributed by atoms with van der Waals surface area (Å²) in [6, 6.07) is 0. The highest BCUT2D eigenvalue weighted by atomic mass is 16.4. The number of piperazine rings is 1. The minimum absolute atomic E-state index is 0.573. The van der Waals surface area contributed by atoms with Crippen LogP contribution < -0.4 is 0 Å². The van der Waals surface area contributed by atoms with Crippen LogP contribution in [0.4, 0.5) is 0 Å². The second-order valence-electron chi connectivity index (χ2n) is 3.32. The molecule has 1 aliphatic heterocycles. The molecule has 1 fully saturated rings. The molecule has 0 radical (unpaired) electrons. The third kappa shape index (κ3) is 3.77. The predicted octanol–water partition coefficient (Wildman–Crippen LogP) is -0.288. The molecule has 0 bridgehead atoms. The molecule has 0 aliphatic carbocycles. The fourth-order valence-corrected chi connectivity index (χ4v) is 1.49. The van der Waals surface area contributed by atoms with Crippen LogP contribution in [0.2, 0.25) is 0 Å². The number of carboxylic acids is 1. The summed E-state index contributed by atoms with van der Waals surface area (Å²) in [6.07, 6.45) is 0. The van der Waals surface area contributed by atoms with Gasteiger partial charge in [-0.1, -0.05) is 12.8 Å². The summed E-state index contributed by atoms with van der Waals surface area (Å²) in [7, 11) is 0. The Hall–Kier alpha value is -1.05. The second kappa shape index (κ2) is 5.63. The maximum absolute atomic E-state index is 10.1. The van der Waals surface area contributed by atoms with Crippen LogP contribution >= 0.6 is 0 Å². The molecular formula is C10H16N2O2. The molecule has 4 nitrogen and oxygen atoms in total. The fraction of sp³-hybridized carbons (Fsp3) is 0.700. The molecule has 0 aromatic carbocycles. The lowest BCUT2D eigenvalue weighted by atomic mass is 10.3. The Morgan fingerprint density at radius 3 is 2.36 bits per heavy atom. The summed E-state index contributed by atoms with van der Waals surface area (Å²) in [4.78, 5) is 14.7. The second-order valence-corrected chi connectivity index (χ2v) is 3.32. The van der Waals surface area contributed by atoms with Gasteiger partial charge >= 0.3 is 5.97 Å². The summed E-state index contributed by atoms with van der Waals surface area (Å²) in [6.45, 7) is 7.92. The third-order valence-corrected chi connectivity index (χ3v) is 2.41. The molecule has 0 spiro atoms. The molecule has 1 N–H and O–H groups in total. The molecule has 1 aliphatic rings. The zero-order valence-electron chi connectivity index (χ0n) is 8.49. The van der Waals surface area contributed by atoms with Crippen LogP contribution in [0.5, 0.6) is 0 Å². The van der Waals surface area contributed by atoms with Crippen LogP contribution in [-0.4, -0.2) is 60.1 Å². The minimum atomic E-state index is -1.04. The molecule has 0 aromatic heterocycles. The minimum Gasteiger partial charge on any atom is -0.472 e. The molecule has 1 heterocycles. The van der Waals surface area contributed by atoms with Gasteiger partial charge in [0.2, 0.25) is 0 Å². The smallest absolute Gasteiger partial charge is 0.381 e. The Balaban J connectivity index is 2.23.